The summed E-state index contributed by atoms with van der Waals surface area (Å²) < 4.78 is 1.59. The van der Waals surface area contributed by atoms with Gasteiger partial charge in [0.1, 0.15) is 0 Å². The number of nitrogens with one attached hydrogen (secondary N) is 1. The molecule has 0 aliphatic rings. The van der Waals surface area contributed by atoms with Crippen LogP contribution in [0, 0.1) is 0 Å². The van der Waals surface area contributed by atoms with Crippen LogP contribution in [0.1, 0.15) is 23.6 Å². The normalized spacial score (nSPS) is 10.8. The van der Waals surface area contributed by atoms with E-state index in [-0.39, 0.29) is 17.3 Å². The minimum absolute atomic E-state index is 0.000346. The molecule has 0 saturated heterocycles. The van der Waals surface area contributed by atoms with Crippen molar-refractivity contribution in [3.05, 3.63) is 81.8 Å². The van der Waals surface area contributed by atoms with Crippen LogP contribution in [0.25, 0.3) is 0 Å². The first-order chi connectivity index (χ1) is 14.1. The van der Waals surface area contributed by atoms with Gasteiger partial charge in [0.25, 0.3) is 0 Å². The van der Waals surface area contributed by atoms with Crippen molar-refractivity contribution in [1.29, 1.82) is 0 Å². The topological polar surface area (TPSA) is 71.0 Å². The molecule has 0 radical (unpaired) electrons. The Morgan fingerprint density at radius 2 is 1.76 bits per heavy atom. The number of aromatic nitrogens is 3. The molecule has 0 spiro atoms. The number of rotatable bonds is 9. The highest BCUT2D eigenvalue weighted by molar-refractivity contribution is 7.99. The molecular weight excluding hydrogens is 384 g/mol. The van der Waals surface area contributed by atoms with Crippen molar-refractivity contribution in [2.75, 3.05) is 12.8 Å². The van der Waals surface area contributed by atoms with E-state index in [9.17, 15) is 9.59 Å². The number of thioether (sulfide) groups is 1. The van der Waals surface area contributed by atoms with Crippen LogP contribution in [-0.4, -0.2) is 38.4 Å². The van der Waals surface area contributed by atoms with Gasteiger partial charge in [0.2, 0.25) is 5.91 Å². The fraction of sp³-hybridized carbons (Fsp3) is 0.318. The molecule has 1 N–H and O–H groups in total. The molecule has 152 valence electrons. The lowest BCUT2D eigenvalue weighted by Gasteiger charge is -2.17. The lowest BCUT2D eigenvalue weighted by molar-refractivity contribution is -0.127. The second kappa shape index (κ2) is 10.1. The monoisotopic (exact) mass is 410 g/mol. The van der Waals surface area contributed by atoms with Crippen molar-refractivity contribution in [2.45, 2.75) is 38.0 Å². The maximum absolute atomic E-state index is 12.5. The zero-order chi connectivity index (χ0) is 20.6. The molecule has 2 aromatic carbocycles. The smallest absolute Gasteiger partial charge is 0.341 e. The van der Waals surface area contributed by atoms with Crippen molar-refractivity contribution < 1.29 is 4.79 Å². The summed E-state index contributed by atoms with van der Waals surface area (Å²) in [5, 5.41) is 7.11. The molecule has 0 fully saturated rings. The van der Waals surface area contributed by atoms with E-state index in [2.05, 4.69) is 41.4 Å². The molecule has 3 rings (SSSR count). The molecule has 1 aromatic heterocycles. The lowest BCUT2D eigenvalue weighted by atomic mass is 10.1. The predicted octanol–water partition coefficient (Wildman–Crippen LogP) is 3.13. The van der Waals surface area contributed by atoms with E-state index >= 15 is 0 Å². The predicted molar refractivity (Wildman–Crippen MR) is 116 cm³/mol. The van der Waals surface area contributed by atoms with Crippen molar-refractivity contribution in [3.8, 4) is 0 Å². The van der Waals surface area contributed by atoms with Gasteiger partial charge in [-0.05, 0) is 29.5 Å². The second-order valence-corrected chi connectivity index (χ2v) is 7.85. The second-order valence-electron chi connectivity index (χ2n) is 6.91. The Hall–Kier alpha value is -2.80. The summed E-state index contributed by atoms with van der Waals surface area (Å²) in [5.74, 6) is 0.235. The number of aryl methyl sites for hydroxylation is 2. The number of amides is 1. The van der Waals surface area contributed by atoms with Gasteiger partial charge < -0.3 is 4.90 Å². The third-order valence-electron chi connectivity index (χ3n) is 4.79. The van der Waals surface area contributed by atoms with Crippen LogP contribution in [0.3, 0.4) is 0 Å². The molecule has 3 aromatic rings. The Morgan fingerprint density at radius 1 is 1.07 bits per heavy atom. The molecule has 0 unspecified atom stereocenters. The van der Waals surface area contributed by atoms with E-state index in [1.54, 1.807) is 16.5 Å². The van der Waals surface area contributed by atoms with E-state index < -0.39 is 0 Å². The zero-order valence-electron chi connectivity index (χ0n) is 16.8. The van der Waals surface area contributed by atoms with Crippen LogP contribution in [0.4, 0.5) is 0 Å². The fourth-order valence-corrected chi connectivity index (χ4v) is 3.89. The Bertz CT molecular complexity index is 980. The molecule has 7 heteroatoms. The maximum Gasteiger partial charge on any atom is 0.343 e. The summed E-state index contributed by atoms with van der Waals surface area (Å²) in [5.41, 5.74) is 3.29. The first-order valence-electron chi connectivity index (χ1n) is 9.70. The highest BCUT2D eigenvalue weighted by Gasteiger charge is 2.14. The van der Waals surface area contributed by atoms with Crippen LogP contribution in [-0.2, 0) is 30.7 Å². The third-order valence-corrected chi connectivity index (χ3v) is 5.75. The summed E-state index contributed by atoms with van der Waals surface area (Å²) in [6.45, 7) is 3.20. The van der Waals surface area contributed by atoms with Crippen molar-refractivity contribution in [2.24, 2.45) is 0 Å². The van der Waals surface area contributed by atoms with Gasteiger partial charge in [-0.25, -0.2) is 9.89 Å². The van der Waals surface area contributed by atoms with E-state index in [4.69, 9.17) is 0 Å². The van der Waals surface area contributed by atoms with E-state index in [1.807, 2.05) is 30.3 Å². The van der Waals surface area contributed by atoms with Crippen LogP contribution >= 0.6 is 11.8 Å². The number of carbonyl (C=O) groups is 1. The van der Waals surface area contributed by atoms with Gasteiger partial charge in [0.15, 0.2) is 5.16 Å². The summed E-state index contributed by atoms with van der Waals surface area (Å²) in [6, 6.07) is 18.3. The SMILES string of the molecule is CCc1ccc(CN(C)C(=O)CSc2n[nH]c(=O)n2CCc2ccccc2)cc1. The summed E-state index contributed by atoms with van der Waals surface area (Å²) in [6.07, 6.45) is 1.73. The van der Waals surface area contributed by atoms with Crippen LogP contribution in [0.15, 0.2) is 64.5 Å². The van der Waals surface area contributed by atoms with Gasteiger partial charge in [0, 0.05) is 20.1 Å². The van der Waals surface area contributed by atoms with Gasteiger partial charge >= 0.3 is 5.69 Å². The molecular formula is C22H26N4O2S. The number of nitrogens with zero attached hydrogens (tertiary/aromatic N) is 3. The average Bonchev–Trinajstić information content (AvgIpc) is 3.11. The van der Waals surface area contributed by atoms with Crippen molar-refractivity contribution >= 4 is 17.7 Å². The number of hydrogen-bond donors (Lipinski definition) is 1. The number of H-pyrrole nitrogens is 1. The van der Waals surface area contributed by atoms with E-state index in [1.165, 1.54) is 17.3 Å². The van der Waals surface area contributed by atoms with Crippen molar-refractivity contribution in [3.63, 3.8) is 0 Å². The molecule has 1 amide bonds. The maximum atomic E-state index is 12.5. The summed E-state index contributed by atoms with van der Waals surface area (Å²) >= 11 is 1.29. The van der Waals surface area contributed by atoms with Gasteiger partial charge in [0.05, 0.1) is 5.75 Å². The van der Waals surface area contributed by atoms with E-state index in [0.29, 0.717) is 18.2 Å². The number of benzene rings is 2. The molecule has 0 atom stereocenters. The highest BCUT2D eigenvalue weighted by atomic mass is 32.2. The first-order valence-corrected chi connectivity index (χ1v) is 10.7. The quantitative estimate of drug-likeness (QED) is 0.550. The zero-order valence-corrected chi connectivity index (χ0v) is 17.6. The van der Waals surface area contributed by atoms with Gasteiger partial charge in [-0.15, -0.1) is 5.10 Å². The van der Waals surface area contributed by atoms with Gasteiger partial charge in [-0.2, -0.15) is 0 Å². The minimum atomic E-state index is -0.250. The van der Waals surface area contributed by atoms with Crippen LogP contribution in [0.2, 0.25) is 0 Å². The van der Waals surface area contributed by atoms with Gasteiger partial charge in [-0.3, -0.25) is 9.36 Å². The summed E-state index contributed by atoms with van der Waals surface area (Å²) in [7, 11) is 1.80. The Balaban J connectivity index is 1.54. The first kappa shape index (κ1) is 20.9. The standard InChI is InChI=1S/C22H26N4O2S/c1-3-17-9-11-19(12-10-17)15-25(2)20(27)16-29-22-24-23-21(28)26(22)14-13-18-7-5-4-6-8-18/h4-12H,3,13-16H2,1-2H3,(H,23,28). The largest absolute Gasteiger partial charge is 0.343 e. The molecule has 0 aliphatic carbocycles. The van der Waals surface area contributed by atoms with Crippen LogP contribution in [0.5, 0.6) is 0 Å². The Kier molecular flexibility index (Phi) is 7.30. The van der Waals surface area contributed by atoms with Crippen molar-refractivity contribution in [1.82, 2.24) is 19.7 Å². The molecule has 0 aliphatic heterocycles. The molecule has 0 bridgehead atoms. The number of carbonyl (C=O) groups excluding carboxylic acids is 1. The third kappa shape index (κ3) is 5.84. The lowest BCUT2D eigenvalue weighted by Crippen LogP contribution is -2.28. The Morgan fingerprint density at radius 3 is 2.45 bits per heavy atom. The Labute approximate surface area is 174 Å². The molecule has 1 heterocycles. The molecule has 29 heavy (non-hydrogen) atoms. The number of hydrogen-bond acceptors (Lipinski definition) is 4. The van der Waals surface area contributed by atoms with Gasteiger partial charge in [-0.1, -0.05) is 73.3 Å². The van der Waals surface area contributed by atoms with E-state index in [0.717, 1.165) is 24.0 Å². The fourth-order valence-electron chi connectivity index (χ4n) is 2.98. The highest BCUT2D eigenvalue weighted by Crippen LogP contribution is 2.15. The summed E-state index contributed by atoms with van der Waals surface area (Å²) in [4.78, 5) is 26.3. The molecule has 0 saturated carbocycles. The molecule has 6 nitrogen and oxygen atoms in total. The average molecular weight is 411 g/mol. The number of aromatic amines is 1. The minimum Gasteiger partial charge on any atom is -0.341 e. The van der Waals surface area contributed by atoms with Crippen LogP contribution < -0.4 is 5.69 Å².